The second-order valence-electron chi connectivity index (χ2n) is 6.17. The number of rotatable bonds is 3. The van der Waals surface area contributed by atoms with Crippen molar-refractivity contribution in [1.82, 2.24) is 8.87 Å². The maximum absolute atomic E-state index is 12.8. The van der Waals surface area contributed by atoms with Gasteiger partial charge in [-0.3, -0.25) is 0 Å². The highest BCUT2D eigenvalue weighted by Gasteiger charge is 2.25. The van der Waals surface area contributed by atoms with E-state index in [1.165, 1.54) is 9.54 Å². The third-order valence-electron chi connectivity index (χ3n) is 4.51. The highest BCUT2D eigenvalue weighted by molar-refractivity contribution is 7.90. The van der Waals surface area contributed by atoms with Crippen LogP contribution < -0.4 is 0 Å². The van der Waals surface area contributed by atoms with Crippen molar-refractivity contribution in [3.63, 3.8) is 0 Å². The molecule has 4 rings (SSSR count). The van der Waals surface area contributed by atoms with Gasteiger partial charge in [-0.1, -0.05) is 24.3 Å². The first-order valence-electron chi connectivity index (χ1n) is 7.66. The van der Waals surface area contributed by atoms with E-state index in [9.17, 15) is 8.42 Å². The lowest BCUT2D eigenvalue weighted by Crippen LogP contribution is -2.41. The lowest BCUT2D eigenvalue weighted by Gasteiger charge is -2.36. The van der Waals surface area contributed by atoms with Gasteiger partial charge in [0.1, 0.15) is 0 Å². The summed E-state index contributed by atoms with van der Waals surface area (Å²) in [6.45, 7) is 2.13. The van der Waals surface area contributed by atoms with Crippen molar-refractivity contribution in [1.29, 1.82) is 0 Å². The zero-order valence-electron chi connectivity index (χ0n) is 12.9. The molecule has 118 valence electrons. The van der Waals surface area contributed by atoms with Crippen molar-refractivity contribution in [3.8, 4) is 0 Å². The van der Waals surface area contributed by atoms with Gasteiger partial charge in [0.25, 0.3) is 10.0 Å². The summed E-state index contributed by atoms with van der Waals surface area (Å²) in [5.41, 5.74) is 2.01. The summed E-state index contributed by atoms with van der Waals surface area (Å²) < 4.78 is 27.0. The van der Waals surface area contributed by atoms with E-state index in [0.717, 1.165) is 24.0 Å². The Labute approximate surface area is 136 Å². The zero-order valence-corrected chi connectivity index (χ0v) is 13.7. The number of likely N-dealkylation sites (tertiary alicyclic amines) is 1. The SMILES string of the molecule is CN1CC(c2ccc3c(ccn3S(=O)(=O)c3ccccc3)c2)C1. The first-order valence-corrected chi connectivity index (χ1v) is 9.10. The number of aromatic nitrogens is 1. The van der Waals surface area contributed by atoms with Gasteiger partial charge in [-0.2, -0.15) is 0 Å². The number of hydrogen-bond donors (Lipinski definition) is 0. The fourth-order valence-corrected chi connectivity index (χ4v) is 4.59. The van der Waals surface area contributed by atoms with Crippen molar-refractivity contribution in [3.05, 3.63) is 66.4 Å². The van der Waals surface area contributed by atoms with E-state index in [-0.39, 0.29) is 0 Å². The molecule has 1 saturated heterocycles. The molecule has 0 bridgehead atoms. The van der Waals surface area contributed by atoms with Gasteiger partial charge in [0.2, 0.25) is 0 Å². The molecule has 0 unspecified atom stereocenters. The van der Waals surface area contributed by atoms with Gasteiger partial charge < -0.3 is 4.90 Å². The number of hydrogen-bond acceptors (Lipinski definition) is 3. The zero-order chi connectivity index (χ0) is 16.0. The molecule has 0 spiro atoms. The van der Waals surface area contributed by atoms with Crippen LogP contribution in [0.4, 0.5) is 0 Å². The lowest BCUT2D eigenvalue weighted by molar-refractivity contribution is 0.190. The van der Waals surface area contributed by atoms with Crippen molar-refractivity contribution in [2.24, 2.45) is 0 Å². The molecule has 3 aromatic rings. The molecule has 0 atom stereocenters. The van der Waals surface area contributed by atoms with Gasteiger partial charge in [0.05, 0.1) is 10.4 Å². The molecule has 0 amide bonds. The summed E-state index contributed by atoms with van der Waals surface area (Å²) in [6.07, 6.45) is 1.64. The van der Waals surface area contributed by atoms with Crippen LogP contribution in [0.1, 0.15) is 11.5 Å². The van der Waals surface area contributed by atoms with Crippen LogP contribution in [0.5, 0.6) is 0 Å². The molecular weight excluding hydrogens is 308 g/mol. The summed E-state index contributed by atoms with van der Waals surface area (Å²) in [5.74, 6) is 0.554. The van der Waals surface area contributed by atoms with Gasteiger partial charge in [-0.15, -0.1) is 0 Å². The molecule has 0 aliphatic carbocycles. The van der Waals surface area contributed by atoms with Crippen molar-refractivity contribution < 1.29 is 8.42 Å². The molecule has 1 aromatic heterocycles. The van der Waals surface area contributed by atoms with Gasteiger partial charge in [0.15, 0.2) is 0 Å². The summed E-state index contributed by atoms with van der Waals surface area (Å²) in [5, 5.41) is 0.969. The maximum atomic E-state index is 12.8. The molecule has 0 radical (unpaired) electrons. The summed E-state index contributed by atoms with van der Waals surface area (Å²) in [4.78, 5) is 2.59. The standard InChI is InChI=1S/C18H18N2O2S/c1-19-12-16(13-19)14-7-8-18-15(11-14)9-10-20(18)23(21,22)17-5-3-2-4-6-17/h2-11,16H,12-13H2,1H3. The maximum Gasteiger partial charge on any atom is 0.268 e. The average Bonchev–Trinajstić information content (AvgIpc) is 2.96. The summed E-state index contributed by atoms with van der Waals surface area (Å²) >= 11 is 0. The fourth-order valence-electron chi connectivity index (χ4n) is 3.21. The van der Waals surface area contributed by atoms with E-state index in [1.807, 2.05) is 18.2 Å². The summed E-state index contributed by atoms with van der Waals surface area (Å²) in [7, 11) is -1.44. The molecule has 0 N–H and O–H groups in total. The third kappa shape index (κ3) is 2.36. The number of benzene rings is 2. The van der Waals surface area contributed by atoms with Crippen molar-refractivity contribution in [2.75, 3.05) is 20.1 Å². The van der Waals surface area contributed by atoms with E-state index in [2.05, 4.69) is 24.1 Å². The minimum Gasteiger partial charge on any atom is -0.305 e. The Morgan fingerprint density at radius 1 is 1.00 bits per heavy atom. The normalized spacial score (nSPS) is 16.6. The minimum atomic E-state index is -3.55. The van der Waals surface area contributed by atoms with Gasteiger partial charge in [-0.05, 0) is 42.9 Å². The molecule has 2 aromatic carbocycles. The average molecular weight is 326 g/mol. The molecule has 5 heteroatoms. The van der Waals surface area contributed by atoms with Crippen LogP contribution in [0.2, 0.25) is 0 Å². The first-order chi connectivity index (χ1) is 11.1. The van der Waals surface area contributed by atoms with E-state index in [1.54, 1.807) is 30.5 Å². The Morgan fingerprint density at radius 3 is 2.43 bits per heavy atom. The quantitative estimate of drug-likeness (QED) is 0.743. The van der Waals surface area contributed by atoms with E-state index in [0.29, 0.717) is 10.8 Å². The molecular formula is C18H18N2O2S. The minimum absolute atomic E-state index is 0.308. The Hall–Kier alpha value is -2.11. The molecule has 1 aliphatic rings. The highest BCUT2D eigenvalue weighted by atomic mass is 32.2. The van der Waals surface area contributed by atoms with Gasteiger partial charge in [0, 0.05) is 30.6 Å². The smallest absolute Gasteiger partial charge is 0.268 e. The van der Waals surface area contributed by atoms with Crippen LogP contribution >= 0.6 is 0 Å². The second kappa shape index (κ2) is 5.22. The summed E-state index contributed by atoms with van der Waals surface area (Å²) in [6, 6.07) is 16.5. The molecule has 23 heavy (non-hydrogen) atoms. The Morgan fingerprint density at radius 2 is 1.74 bits per heavy atom. The van der Waals surface area contributed by atoms with Crippen LogP contribution in [0.3, 0.4) is 0 Å². The van der Waals surface area contributed by atoms with Crippen LogP contribution in [0, 0.1) is 0 Å². The fraction of sp³-hybridized carbons (Fsp3) is 0.222. The first kappa shape index (κ1) is 14.5. The predicted octanol–water partition coefficient (Wildman–Crippen LogP) is 2.91. The topological polar surface area (TPSA) is 42.3 Å². The van der Waals surface area contributed by atoms with E-state index in [4.69, 9.17) is 0 Å². The van der Waals surface area contributed by atoms with Gasteiger partial charge >= 0.3 is 0 Å². The van der Waals surface area contributed by atoms with Crippen LogP contribution in [0.15, 0.2) is 65.7 Å². The number of fused-ring (bicyclic) bond motifs is 1. The second-order valence-corrected chi connectivity index (χ2v) is 7.98. The molecule has 1 fully saturated rings. The van der Waals surface area contributed by atoms with Crippen molar-refractivity contribution in [2.45, 2.75) is 10.8 Å². The van der Waals surface area contributed by atoms with Crippen LogP contribution in [-0.2, 0) is 10.0 Å². The Kier molecular flexibility index (Phi) is 3.28. The lowest BCUT2D eigenvalue weighted by atomic mass is 9.91. The molecule has 1 aliphatic heterocycles. The number of likely N-dealkylation sites (N-methyl/N-ethyl adjacent to an activating group) is 1. The number of nitrogens with zero attached hydrogens (tertiary/aromatic N) is 2. The predicted molar refractivity (Wildman–Crippen MR) is 91.2 cm³/mol. The third-order valence-corrected chi connectivity index (χ3v) is 6.22. The van der Waals surface area contributed by atoms with E-state index >= 15 is 0 Å². The van der Waals surface area contributed by atoms with Crippen molar-refractivity contribution >= 4 is 20.9 Å². The van der Waals surface area contributed by atoms with Gasteiger partial charge in [-0.25, -0.2) is 12.4 Å². The Bertz CT molecular complexity index is 955. The van der Waals surface area contributed by atoms with E-state index < -0.39 is 10.0 Å². The molecule has 4 nitrogen and oxygen atoms in total. The highest BCUT2D eigenvalue weighted by Crippen LogP contribution is 2.29. The monoisotopic (exact) mass is 326 g/mol. The van der Waals surface area contributed by atoms with Crippen LogP contribution in [0.25, 0.3) is 10.9 Å². The van der Waals surface area contributed by atoms with Crippen LogP contribution in [-0.4, -0.2) is 37.4 Å². The molecule has 0 saturated carbocycles. The Balaban J connectivity index is 1.77. The molecule has 2 heterocycles. The largest absolute Gasteiger partial charge is 0.305 e.